The SMILES string of the molecule is O=c1[nH]c2ncc(-c3ccc(-n4ccnc4)cc3)nc2n1CC1CCCCC1. The molecule has 0 spiro atoms. The van der Waals surface area contributed by atoms with Crippen LogP contribution in [-0.2, 0) is 6.54 Å². The van der Waals surface area contributed by atoms with Gasteiger partial charge in [-0.2, -0.15) is 0 Å². The highest BCUT2D eigenvalue weighted by Crippen LogP contribution is 2.26. The number of nitrogens with zero attached hydrogens (tertiary/aromatic N) is 5. The number of aromatic amines is 1. The molecule has 4 aromatic rings. The van der Waals surface area contributed by atoms with Gasteiger partial charge in [0.25, 0.3) is 0 Å². The molecular weight excluding hydrogens is 352 g/mol. The summed E-state index contributed by atoms with van der Waals surface area (Å²) in [5.41, 5.74) is 3.85. The minimum atomic E-state index is -0.117. The second-order valence-electron chi connectivity index (χ2n) is 7.49. The molecule has 0 amide bonds. The first kappa shape index (κ1) is 16.9. The molecule has 0 radical (unpaired) electrons. The summed E-state index contributed by atoms with van der Waals surface area (Å²) in [6.07, 6.45) is 13.3. The normalized spacial score (nSPS) is 15.3. The van der Waals surface area contributed by atoms with E-state index in [-0.39, 0.29) is 5.69 Å². The van der Waals surface area contributed by atoms with Crippen LogP contribution in [0.4, 0.5) is 0 Å². The van der Waals surface area contributed by atoms with Gasteiger partial charge in [0, 0.05) is 30.2 Å². The van der Waals surface area contributed by atoms with E-state index in [1.807, 2.05) is 35.0 Å². The molecule has 0 aliphatic heterocycles. The number of rotatable bonds is 4. The third kappa shape index (κ3) is 3.13. The molecule has 1 N–H and O–H groups in total. The number of imidazole rings is 2. The molecule has 3 aromatic heterocycles. The Labute approximate surface area is 162 Å². The van der Waals surface area contributed by atoms with E-state index in [0.29, 0.717) is 17.2 Å². The highest BCUT2D eigenvalue weighted by atomic mass is 16.1. The second kappa shape index (κ2) is 7.07. The van der Waals surface area contributed by atoms with Crippen molar-refractivity contribution >= 4 is 11.3 Å². The summed E-state index contributed by atoms with van der Waals surface area (Å²) >= 11 is 0. The molecule has 1 saturated carbocycles. The van der Waals surface area contributed by atoms with Gasteiger partial charge in [0.1, 0.15) is 0 Å². The number of benzene rings is 1. The molecule has 7 heteroatoms. The highest BCUT2D eigenvalue weighted by molar-refractivity contribution is 5.71. The molecule has 1 fully saturated rings. The lowest BCUT2D eigenvalue weighted by atomic mass is 9.89. The van der Waals surface area contributed by atoms with Crippen molar-refractivity contribution in [3.63, 3.8) is 0 Å². The molecule has 5 rings (SSSR count). The van der Waals surface area contributed by atoms with Crippen molar-refractivity contribution < 1.29 is 0 Å². The van der Waals surface area contributed by atoms with Crippen LogP contribution in [0.2, 0.25) is 0 Å². The molecule has 28 heavy (non-hydrogen) atoms. The van der Waals surface area contributed by atoms with E-state index < -0.39 is 0 Å². The smallest absolute Gasteiger partial charge is 0.306 e. The number of H-pyrrole nitrogens is 1. The summed E-state index contributed by atoms with van der Waals surface area (Å²) in [5.74, 6) is 0.547. The van der Waals surface area contributed by atoms with Crippen LogP contribution in [0.3, 0.4) is 0 Å². The molecule has 1 aliphatic carbocycles. The lowest BCUT2D eigenvalue weighted by Gasteiger charge is -2.21. The van der Waals surface area contributed by atoms with E-state index >= 15 is 0 Å². The number of hydrogen-bond donors (Lipinski definition) is 1. The van der Waals surface area contributed by atoms with Crippen molar-refractivity contribution in [2.75, 3.05) is 0 Å². The topological polar surface area (TPSA) is 81.4 Å². The molecular formula is C21H22N6O. The summed E-state index contributed by atoms with van der Waals surface area (Å²) in [6, 6.07) is 8.08. The fourth-order valence-corrected chi connectivity index (χ4v) is 4.07. The van der Waals surface area contributed by atoms with Crippen LogP contribution in [0.25, 0.3) is 28.2 Å². The van der Waals surface area contributed by atoms with Crippen molar-refractivity contribution in [2.24, 2.45) is 5.92 Å². The largest absolute Gasteiger partial charge is 0.328 e. The zero-order valence-corrected chi connectivity index (χ0v) is 15.6. The zero-order valence-electron chi connectivity index (χ0n) is 15.6. The molecule has 0 saturated heterocycles. The molecule has 0 atom stereocenters. The van der Waals surface area contributed by atoms with Crippen molar-refractivity contribution in [1.82, 2.24) is 29.1 Å². The molecule has 0 bridgehead atoms. The maximum absolute atomic E-state index is 12.5. The standard InChI is InChI=1S/C21H22N6O/c28-21-25-19-20(27(21)13-15-4-2-1-3-5-15)24-18(12-23-19)16-6-8-17(9-7-16)26-11-10-22-14-26/h6-12,14-15H,1-5,13H2,(H,23,25,28). The number of hydrogen-bond acceptors (Lipinski definition) is 4. The lowest BCUT2D eigenvalue weighted by Crippen LogP contribution is -2.23. The van der Waals surface area contributed by atoms with Gasteiger partial charge >= 0.3 is 5.69 Å². The number of aromatic nitrogens is 6. The van der Waals surface area contributed by atoms with Gasteiger partial charge < -0.3 is 4.57 Å². The highest BCUT2D eigenvalue weighted by Gasteiger charge is 2.18. The minimum absolute atomic E-state index is 0.117. The maximum Gasteiger partial charge on any atom is 0.328 e. The molecule has 142 valence electrons. The third-order valence-electron chi connectivity index (χ3n) is 5.61. The molecule has 1 aliphatic rings. The van der Waals surface area contributed by atoms with Gasteiger partial charge in [0.2, 0.25) is 0 Å². The minimum Gasteiger partial charge on any atom is -0.306 e. The fraction of sp³-hybridized carbons (Fsp3) is 0.333. The van der Waals surface area contributed by atoms with Crippen LogP contribution in [0.1, 0.15) is 32.1 Å². The van der Waals surface area contributed by atoms with Crippen molar-refractivity contribution in [3.05, 3.63) is 59.7 Å². The summed E-state index contributed by atoms with van der Waals surface area (Å²) in [7, 11) is 0. The maximum atomic E-state index is 12.5. The van der Waals surface area contributed by atoms with Gasteiger partial charge in [-0.15, -0.1) is 0 Å². The average Bonchev–Trinajstić information content (AvgIpc) is 3.38. The monoisotopic (exact) mass is 374 g/mol. The van der Waals surface area contributed by atoms with Gasteiger partial charge in [-0.1, -0.05) is 31.4 Å². The van der Waals surface area contributed by atoms with E-state index in [0.717, 1.165) is 23.5 Å². The van der Waals surface area contributed by atoms with E-state index in [1.165, 1.54) is 32.1 Å². The van der Waals surface area contributed by atoms with Crippen LogP contribution < -0.4 is 5.69 Å². The van der Waals surface area contributed by atoms with Crippen molar-refractivity contribution in [3.8, 4) is 16.9 Å². The van der Waals surface area contributed by atoms with E-state index in [4.69, 9.17) is 4.98 Å². The van der Waals surface area contributed by atoms with Crippen LogP contribution >= 0.6 is 0 Å². The van der Waals surface area contributed by atoms with E-state index in [2.05, 4.69) is 15.0 Å². The quantitative estimate of drug-likeness (QED) is 0.592. The van der Waals surface area contributed by atoms with Gasteiger partial charge in [-0.05, 0) is 30.9 Å². The summed E-state index contributed by atoms with van der Waals surface area (Å²) in [4.78, 5) is 28.6. The molecule has 3 heterocycles. The Morgan fingerprint density at radius 2 is 1.93 bits per heavy atom. The number of fused-ring (bicyclic) bond motifs is 1. The van der Waals surface area contributed by atoms with Crippen LogP contribution in [-0.4, -0.2) is 29.1 Å². The number of nitrogens with one attached hydrogen (secondary N) is 1. The fourth-order valence-electron chi connectivity index (χ4n) is 4.07. The Balaban J connectivity index is 1.48. The Morgan fingerprint density at radius 1 is 1.11 bits per heavy atom. The van der Waals surface area contributed by atoms with Crippen molar-refractivity contribution in [1.29, 1.82) is 0 Å². The predicted octanol–water partition coefficient (Wildman–Crippen LogP) is 3.55. The lowest BCUT2D eigenvalue weighted by molar-refractivity contribution is 0.319. The van der Waals surface area contributed by atoms with Crippen LogP contribution in [0.5, 0.6) is 0 Å². The second-order valence-corrected chi connectivity index (χ2v) is 7.49. The predicted molar refractivity (Wildman–Crippen MR) is 107 cm³/mol. The third-order valence-corrected chi connectivity index (χ3v) is 5.61. The first-order chi connectivity index (χ1) is 13.8. The molecule has 7 nitrogen and oxygen atoms in total. The van der Waals surface area contributed by atoms with E-state index in [9.17, 15) is 4.79 Å². The molecule has 0 unspecified atom stereocenters. The molecule has 1 aromatic carbocycles. The average molecular weight is 374 g/mol. The Bertz CT molecular complexity index is 1130. The van der Waals surface area contributed by atoms with Gasteiger partial charge in [0.15, 0.2) is 11.3 Å². The van der Waals surface area contributed by atoms with Gasteiger partial charge in [0.05, 0.1) is 18.2 Å². The van der Waals surface area contributed by atoms with Gasteiger partial charge in [-0.25, -0.2) is 19.7 Å². The van der Waals surface area contributed by atoms with Crippen LogP contribution in [0.15, 0.2) is 54.0 Å². The Hall–Kier alpha value is -3.22. The Kier molecular flexibility index (Phi) is 4.27. The Morgan fingerprint density at radius 3 is 2.68 bits per heavy atom. The van der Waals surface area contributed by atoms with E-state index in [1.54, 1.807) is 23.3 Å². The summed E-state index contributed by atoms with van der Waals surface area (Å²) < 4.78 is 3.72. The summed E-state index contributed by atoms with van der Waals surface area (Å²) in [6.45, 7) is 0.719. The summed E-state index contributed by atoms with van der Waals surface area (Å²) in [5, 5.41) is 0. The van der Waals surface area contributed by atoms with Crippen molar-refractivity contribution in [2.45, 2.75) is 38.6 Å². The van der Waals surface area contributed by atoms with Gasteiger partial charge in [-0.3, -0.25) is 9.55 Å². The first-order valence-electron chi connectivity index (χ1n) is 9.82. The van der Waals surface area contributed by atoms with Crippen LogP contribution in [0, 0.1) is 5.92 Å². The first-order valence-corrected chi connectivity index (χ1v) is 9.82. The zero-order chi connectivity index (χ0) is 18.9.